The molecule has 2 nitrogen and oxygen atoms in total. The lowest BCUT2D eigenvalue weighted by Crippen LogP contribution is -2.21. The maximum atomic E-state index is 11.0. The summed E-state index contributed by atoms with van der Waals surface area (Å²) in [7, 11) is 0. The number of rotatable bonds is 3. The highest BCUT2D eigenvalue weighted by Crippen LogP contribution is 2.33. The van der Waals surface area contributed by atoms with Gasteiger partial charge >= 0.3 is 0 Å². The summed E-state index contributed by atoms with van der Waals surface area (Å²) in [6.45, 7) is 4.23. The van der Waals surface area contributed by atoms with Gasteiger partial charge in [-0.15, -0.1) is 0 Å². The summed E-state index contributed by atoms with van der Waals surface area (Å²) >= 11 is 6.18. The van der Waals surface area contributed by atoms with Crippen LogP contribution in [0.25, 0.3) is 0 Å². The lowest BCUT2D eigenvalue weighted by atomic mass is 10.1. The number of carbonyl (C=O) groups is 1. The molecule has 1 aliphatic rings. The van der Waals surface area contributed by atoms with Gasteiger partial charge in [0, 0.05) is 18.7 Å². The number of hydrogen-bond acceptors (Lipinski definition) is 2. The van der Waals surface area contributed by atoms with E-state index in [1.807, 2.05) is 18.2 Å². The molecule has 0 aromatic heterocycles. The van der Waals surface area contributed by atoms with Crippen molar-refractivity contribution in [3.63, 3.8) is 0 Å². The smallest absolute Gasteiger partial charge is 0.152 e. The minimum atomic E-state index is 0.682. The molecule has 1 saturated heterocycles. The van der Waals surface area contributed by atoms with Gasteiger partial charge in [-0.05, 0) is 24.5 Å². The molecular formula is C13H16ClNO. The second-order valence-corrected chi connectivity index (χ2v) is 4.71. The van der Waals surface area contributed by atoms with Gasteiger partial charge in [-0.1, -0.05) is 31.0 Å². The molecule has 0 spiro atoms. The fourth-order valence-electron chi connectivity index (χ4n) is 2.33. The molecule has 16 heavy (non-hydrogen) atoms. The summed E-state index contributed by atoms with van der Waals surface area (Å²) < 4.78 is 0. The van der Waals surface area contributed by atoms with Crippen molar-refractivity contribution in [3.8, 4) is 0 Å². The van der Waals surface area contributed by atoms with Crippen LogP contribution in [-0.4, -0.2) is 19.4 Å². The second-order valence-electron chi connectivity index (χ2n) is 4.30. The van der Waals surface area contributed by atoms with E-state index in [1.165, 1.54) is 12.8 Å². The van der Waals surface area contributed by atoms with E-state index in [0.29, 0.717) is 10.6 Å². The fraction of sp³-hybridized carbons (Fsp3) is 0.462. The third-order valence-electron chi connectivity index (χ3n) is 3.32. The maximum absolute atomic E-state index is 11.0. The number of hydrogen-bond donors (Lipinski definition) is 0. The van der Waals surface area contributed by atoms with Crippen molar-refractivity contribution in [1.29, 1.82) is 0 Å². The number of aldehydes is 1. The van der Waals surface area contributed by atoms with Crippen molar-refractivity contribution in [2.45, 2.75) is 19.8 Å². The zero-order chi connectivity index (χ0) is 11.5. The Balaban J connectivity index is 2.30. The number of benzene rings is 1. The van der Waals surface area contributed by atoms with E-state index in [2.05, 4.69) is 11.8 Å². The van der Waals surface area contributed by atoms with Crippen molar-refractivity contribution in [1.82, 2.24) is 0 Å². The molecule has 1 aromatic carbocycles. The number of halogens is 1. The van der Waals surface area contributed by atoms with Crippen LogP contribution >= 0.6 is 11.6 Å². The van der Waals surface area contributed by atoms with Crippen LogP contribution in [0, 0.1) is 5.92 Å². The molecule has 1 heterocycles. The van der Waals surface area contributed by atoms with E-state index in [0.717, 1.165) is 31.0 Å². The average molecular weight is 238 g/mol. The summed E-state index contributed by atoms with van der Waals surface area (Å²) in [5, 5.41) is 0.682. The van der Waals surface area contributed by atoms with Crippen LogP contribution in [0.15, 0.2) is 18.2 Å². The largest absolute Gasteiger partial charge is 0.369 e. The second kappa shape index (κ2) is 4.88. The van der Waals surface area contributed by atoms with E-state index in [-0.39, 0.29) is 0 Å². The molecule has 1 aliphatic heterocycles. The number of nitrogens with zero attached hydrogens (tertiary/aromatic N) is 1. The minimum Gasteiger partial charge on any atom is -0.369 e. The molecule has 2 rings (SSSR count). The van der Waals surface area contributed by atoms with Crippen molar-refractivity contribution in [2.75, 3.05) is 18.0 Å². The zero-order valence-corrected chi connectivity index (χ0v) is 10.2. The third-order valence-corrected chi connectivity index (χ3v) is 3.63. The Morgan fingerprint density at radius 3 is 3.00 bits per heavy atom. The lowest BCUT2D eigenvalue weighted by molar-refractivity contribution is 0.112. The minimum absolute atomic E-state index is 0.682. The van der Waals surface area contributed by atoms with Crippen LogP contribution < -0.4 is 4.90 Å². The quantitative estimate of drug-likeness (QED) is 0.752. The summed E-state index contributed by atoms with van der Waals surface area (Å²) in [6.07, 6.45) is 3.28. The molecule has 0 N–H and O–H groups in total. The predicted octanol–water partition coefficient (Wildman–Crippen LogP) is 3.39. The van der Waals surface area contributed by atoms with Crippen LogP contribution in [0.3, 0.4) is 0 Å². The summed E-state index contributed by atoms with van der Waals surface area (Å²) in [4.78, 5) is 13.2. The molecule has 86 valence electrons. The Morgan fingerprint density at radius 2 is 2.38 bits per heavy atom. The number of anilines is 1. The first-order valence-corrected chi connectivity index (χ1v) is 6.12. The summed E-state index contributed by atoms with van der Waals surface area (Å²) in [6, 6.07) is 5.50. The van der Waals surface area contributed by atoms with Gasteiger partial charge in [-0.2, -0.15) is 0 Å². The van der Waals surface area contributed by atoms with Gasteiger partial charge in [-0.25, -0.2) is 0 Å². The molecule has 0 aliphatic carbocycles. The molecule has 0 saturated carbocycles. The van der Waals surface area contributed by atoms with Crippen molar-refractivity contribution >= 4 is 23.6 Å². The summed E-state index contributed by atoms with van der Waals surface area (Å²) in [5.74, 6) is 0.732. The predicted molar refractivity (Wildman–Crippen MR) is 67.5 cm³/mol. The highest BCUT2D eigenvalue weighted by Gasteiger charge is 2.24. The van der Waals surface area contributed by atoms with Gasteiger partial charge in [-0.3, -0.25) is 4.79 Å². The van der Waals surface area contributed by atoms with Gasteiger partial charge in [0.05, 0.1) is 10.7 Å². The monoisotopic (exact) mass is 237 g/mol. The number of para-hydroxylation sites is 1. The Hall–Kier alpha value is -1.02. The first kappa shape index (κ1) is 11.5. The van der Waals surface area contributed by atoms with Crippen molar-refractivity contribution in [2.24, 2.45) is 5.92 Å². The molecule has 0 radical (unpaired) electrons. The van der Waals surface area contributed by atoms with Gasteiger partial charge in [0.15, 0.2) is 6.29 Å². The van der Waals surface area contributed by atoms with Crippen LogP contribution in [0.2, 0.25) is 5.02 Å². The SMILES string of the molecule is CCC1CCN(c2c(Cl)cccc2C=O)C1. The first-order chi connectivity index (χ1) is 7.76. The summed E-state index contributed by atoms with van der Waals surface area (Å²) in [5.41, 5.74) is 1.61. The van der Waals surface area contributed by atoms with Gasteiger partial charge in [0.25, 0.3) is 0 Å². The van der Waals surface area contributed by atoms with Gasteiger partial charge < -0.3 is 4.90 Å². The van der Waals surface area contributed by atoms with E-state index < -0.39 is 0 Å². The Labute approximate surface area is 101 Å². The first-order valence-electron chi connectivity index (χ1n) is 5.75. The molecule has 3 heteroatoms. The van der Waals surface area contributed by atoms with Gasteiger partial charge in [0.1, 0.15) is 0 Å². The topological polar surface area (TPSA) is 20.3 Å². The van der Waals surface area contributed by atoms with Crippen LogP contribution in [0.4, 0.5) is 5.69 Å². The van der Waals surface area contributed by atoms with E-state index >= 15 is 0 Å². The molecule has 0 bridgehead atoms. The Morgan fingerprint density at radius 1 is 1.56 bits per heavy atom. The van der Waals surface area contributed by atoms with Crippen molar-refractivity contribution < 1.29 is 4.79 Å². The van der Waals surface area contributed by atoms with E-state index in [4.69, 9.17) is 11.6 Å². The highest BCUT2D eigenvalue weighted by atomic mass is 35.5. The molecule has 1 fully saturated rings. The van der Waals surface area contributed by atoms with Gasteiger partial charge in [0.2, 0.25) is 0 Å². The molecule has 1 aromatic rings. The Bertz CT molecular complexity index is 392. The lowest BCUT2D eigenvalue weighted by Gasteiger charge is -2.21. The normalized spacial score (nSPS) is 20.1. The van der Waals surface area contributed by atoms with Crippen LogP contribution in [0.5, 0.6) is 0 Å². The molecule has 1 atom stereocenters. The Kier molecular flexibility index (Phi) is 3.49. The van der Waals surface area contributed by atoms with E-state index in [1.54, 1.807) is 0 Å². The molecule has 1 unspecified atom stereocenters. The molecular weight excluding hydrogens is 222 g/mol. The maximum Gasteiger partial charge on any atom is 0.152 e. The molecule has 0 amide bonds. The van der Waals surface area contributed by atoms with Crippen molar-refractivity contribution in [3.05, 3.63) is 28.8 Å². The zero-order valence-electron chi connectivity index (χ0n) is 9.45. The van der Waals surface area contributed by atoms with Crippen LogP contribution in [0.1, 0.15) is 30.1 Å². The third kappa shape index (κ3) is 2.07. The average Bonchev–Trinajstić information content (AvgIpc) is 2.76. The number of carbonyl (C=O) groups excluding carboxylic acids is 1. The van der Waals surface area contributed by atoms with Crippen LogP contribution in [-0.2, 0) is 0 Å². The highest BCUT2D eigenvalue weighted by molar-refractivity contribution is 6.33. The van der Waals surface area contributed by atoms with E-state index in [9.17, 15) is 4.79 Å². The fourth-order valence-corrected chi connectivity index (χ4v) is 2.63. The standard InChI is InChI=1S/C13H16ClNO/c1-2-10-6-7-15(8-10)13-11(9-16)4-3-5-12(13)14/h3-5,9-10H,2,6-8H2,1H3.